The number of hydrogen-bond acceptors (Lipinski definition) is 9. The summed E-state index contributed by atoms with van der Waals surface area (Å²) in [6, 6.07) is -0.258. The van der Waals surface area contributed by atoms with E-state index in [1.54, 1.807) is 0 Å². The van der Waals surface area contributed by atoms with Crippen LogP contribution in [-0.4, -0.2) is 92.2 Å². The highest BCUT2D eigenvalue weighted by molar-refractivity contribution is 7.98. The third-order valence-corrected chi connectivity index (χ3v) is 5.63. The summed E-state index contributed by atoms with van der Waals surface area (Å²) >= 11 is 1.46. The van der Waals surface area contributed by atoms with Gasteiger partial charge in [-0.2, -0.15) is 11.8 Å². The predicted octanol–water partition coefficient (Wildman–Crippen LogP) is -1.50. The minimum absolute atomic E-state index is 0.0413. The Kier molecular flexibility index (Phi) is 12.9. The van der Waals surface area contributed by atoms with Crippen molar-refractivity contribution in [2.24, 2.45) is 5.73 Å². The van der Waals surface area contributed by atoms with E-state index in [9.17, 15) is 39.0 Å². The maximum atomic E-state index is 13.1. The van der Waals surface area contributed by atoms with Crippen molar-refractivity contribution >= 4 is 47.4 Å². The molecule has 3 amide bonds. The van der Waals surface area contributed by atoms with E-state index >= 15 is 0 Å². The number of hydrogen-bond donors (Lipinski definition) is 8. The molecule has 14 nitrogen and oxygen atoms in total. The molecule has 1 rings (SSSR count). The third kappa shape index (κ3) is 11.6. The van der Waals surface area contributed by atoms with Crippen LogP contribution in [0.4, 0.5) is 0 Å². The Labute approximate surface area is 216 Å². The molecule has 204 valence electrons. The number of benzene rings is 1. The van der Waals surface area contributed by atoms with Crippen molar-refractivity contribution in [3.05, 3.63) is 29.8 Å². The van der Waals surface area contributed by atoms with Gasteiger partial charge in [-0.25, -0.2) is 4.79 Å². The fraction of sp³-hybridized carbons (Fsp3) is 0.455. The number of nitrogens with two attached hydrogens (primary N) is 1. The van der Waals surface area contributed by atoms with Gasteiger partial charge in [0.05, 0.1) is 18.9 Å². The van der Waals surface area contributed by atoms with Crippen molar-refractivity contribution in [1.82, 2.24) is 16.0 Å². The topological polar surface area (TPSA) is 245 Å². The van der Waals surface area contributed by atoms with Gasteiger partial charge in [0.15, 0.2) is 0 Å². The van der Waals surface area contributed by atoms with E-state index in [1.165, 1.54) is 36.0 Å². The maximum absolute atomic E-state index is 13.1. The van der Waals surface area contributed by atoms with E-state index in [0.717, 1.165) is 0 Å². The highest BCUT2D eigenvalue weighted by atomic mass is 32.2. The highest BCUT2D eigenvalue weighted by Gasteiger charge is 2.32. The number of carbonyl (C=O) groups is 6. The van der Waals surface area contributed by atoms with Crippen LogP contribution in [0.2, 0.25) is 0 Å². The lowest BCUT2D eigenvalue weighted by Gasteiger charge is -2.24. The molecular weight excluding hydrogens is 512 g/mol. The van der Waals surface area contributed by atoms with Crippen LogP contribution in [0.3, 0.4) is 0 Å². The van der Waals surface area contributed by atoms with Crippen molar-refractivity contribution in [2.75, 3.05) is 12.0 Å². The SMILES string of the molecule is CSCCC(N)C(=O)NC(Cc1ccc(O)cc1)C(=O)NC(CC(=O)O)C(=O)NC(CC(=O)O)C(=O)O. The molecule has 37 heavy (non-hydrogen) atoms. The third-order valence-electron chi connectivity index (χ3n) is 4.98. The van der Waals surface area contributed by atoms with Gasteiger partial charge >= 0.3 is 17.9 Å². The second-order valence-electron chi connectivity index (χ2n) is 7.98. The Morgan fingerprint density at radius 2 is 1.30 bits per heavy atom. The molecule has 0 bridgehead atoms. The van der Waals surface area contributed by atoms with Gasteiger partial charge in [0.1, 0.15) is 23.9 Å². The Balaban J connectivity index is 3.13. The zero-order valence-electron chi connectivity index (χ0n) is 19.9. The number of carbonyl (C=O) groups excluding carboxylic acids is 3. The van der Waals surface area contributed by atoms with Gasteiger partial charge in [-0.05, 0) is 36.1 Å². The number of nitrogens with one attached hydrogen (secondary N) is 3. The summed E-state index contributed by atoms with van der Waals surface area (Å²) in [6.07, 6.45) is 0.0765. The van der Waals surface area contributed by atoms with E-state index < -0.39 is 72.6 Å². The summed E-state index contributed by atoms with van der Waals surface area (Å²) < 4.78 is 0. The zero-order valence-corrected chi connectivity index (χ0v) is 20.7. The Hall–Kier alpha value is -3.85. The van der Waals surface area contributed by atoms with Gasteiger partial charge < -0.3 is 42.1 Å². The Morgan fingerprint density at radius 3 is 1.81 bits per heavy atom. The van der Waals surface area contributed by atoms with Crippen molar-refractivity contribution in [1.29, 1.82) is 0 Å². The maximum Gasteiger partial charge on any atom is 0.326 e. The highest BCUT2D eigenvalue weighted by Crippen LogP contribution is 2.12. The second-order valence-corrected chi connectivity index (χ2v) is 8.96. The first-order valence-electron chi connectivity index (χ1n) is 10.9. The molecule has 4 atom stereocenters. The molecule has 0 aliphatic carbocycles. The minimum atomic E-state index is -1.87. The second kappa shape index (κ2) is 15.3. The molecule has 1 aromatic rings. The summed E-state index contributed by atoms with van der Waals surface area (Å²) in [5, 5.41) is 43.2. The number of amides is 3. The number of rotatable bonds is 16. The first kappa shape index (κ1) is 31.2. The van der Waals surface area contributed by atoms with Crippen molar-refractivity contribution in [2.45, 2.75) is 49.9 Å². The largest absolute Gasteiger partial charge is 0.508 e. The number of carboxylic acid groups (broad SMARTS) is 3. The standard InChI is InChI=1S/C22H30N4O10S/c1-37-7-6-13(23)19(32)24-14(8-11-2-4-12(27)5-3-11)20(33)25-15(9-17(28)29)21(34)26-16(22(35)36)10-18(30)31/h2-5,13-16,27H,6-10,23H2,1H3,(H,24,32)(H,25,33)(H,26,34)(H,28,29)(H,30,31)(H,35,36). The monoisotopic (exact) mass is 542 g/mol. The summed E-state index contributed by atoms with van der Waals surface area (Å²) in [4.78, 5) is 71.7. The van der Waals surface area contributed by atoms with Crippen LogP contribution < -0.4 is 21.7 Å². The molecule has 0 heterocycles. The molecule has 0 radical (unpaired) electrons. The molecule has 0 aromatic heterocycles. The number of thioether (sulfide) groups is 1. The fourth-order valence-corrected chi connectivity index (χ4v) is 3.52. The number of phenols is 1. The fourth-order valence-electron chi connectivity index (χ4n) is 3.03. The van der Waals surface area contributed by atoms with Crippen molar-refractivity contribution < 1.29 is 49.2 Å². The Bertz CT molecular complexity index is 988. The van der Waals surface area contributed by atoms with E-state index in [-0.39, 0.29) is 12.2 Å². The number of aliphatic carboxylic acids is 3. The van der Waals surface area contributed by atoms with Crippen LogP contribution in [-0.2, 0) is 35.2 Å². The molecule has 0 fully saturated rings. The van der Waals surface area contributed by atoms with Gasteiger partial charge in [0.25, 0.3) is 0 Å². The van der Waals surface area contributed by atoms with Crippen LogP contribution in [0.1, 0.15) is 24.8 Å². The smallest absolute Gasteiger partial charge is 0.326 e. The average molecular weight is 543 g/mol. The predicted molar refractivity (Wildman–Crippen MR) is 131 cm³/mol. The quantitative estimate of drug-likeness (QED) is 0.119. The van der Waals surface area contributed by atoms with Crippen molar-refractivity contribution in [3.8, 4) is 5.75 Å². The minimum Gasteiger partial charge on any atom is -0.508 e. The van der Waals surface area contributed by atoms with Crippen LogP contribution in [0.5, 0.6) is 5.75 Å². The molecule has 0 aliphatic heterocycles. The molecule has 1 aromatic carbocycles. The summed E-state index contributed by atoms with van der Waals surface area (Å²) in [5.41, 5.74) is 6.37. The van der Waals surface area contributed by atoms with E-state index in [4.69, 9.17) is 15.9 Å². The number of aromatic hydroxyl groups is 1. The first-order chi connectivity index (χ1) is 17.3. The van der Waals surface area contributed by atoms with E-state index in [0.29, 0.717) is 17.7 Å². The van der Waals surface area contributed by atoms with Gasteiger partial charge in [-0.1, -0.05) is 12.1 Å². The lowest BCUT2D eigenvalue weighted by molar-refractivity contribution is -0.148. The molecule has 0 saturated carbocycles. The van der Waals surface area contributed by atoms with Crippen molar-refractivity contribution in [3.63, 3.8) is 0 Å². The Morgan fingerprint density at radius 1 is 0.811 bits per heavy atom. The summed E-state index contributed by atoms with van der Waals surface area (Å²) in [6.45, 7) is 0. The van der Waals surface area contributed by atoms with Crippen LogP contribution in [0.25, 0.3) is 0 Å². The van der Waals surface area contributed by atoms with Gasteiger partial charge in [0, 0.05) is 6.42 Å². The van der Waals surface area contributed by atoms with Crippen LogP contribution >= 0.6 is 11.8 Å². The van der Waals surface area contributed by atoms with Gasteiger partial charge in [-0.15, -0.1) is 0 Å². The molecule has 0 saturated heterocycles. The molecule has 4 unspecified atom stereocenters. The molecule has 15 heteroatoms. The molecule has 0 aliphatic rings. The normalized spacial score (nSPS) is 13.9. The lowest BCUT2D eigenvalue weighted by atomic mass is 10.0. The average Bonchev–Trinajstić information content (AvgIpc) is 2.81. The van der Waals surface area contributed by atoms with Gasteiger partial charge in [0.2, 0.25) is 17.7 Å². The molecular formula is C22H30N4O10S. The first-order valence-corrected chi connectivity index (χ1v) is 12.3. The number of carboxylic acids is 3. The summed E-state index contributed by atoms with van der Waals surface area (Å²) in [7, 11) is 0. The zero-order chi connectivity index (χ0) is 28.1. The number of phenolic OH excluding ortho intramolecular Hbond substituents is 1. The van der Waals surface area contributed by atoms with Crippen LogP contribution in [0, 0.1) is 0 Å². The van der Waals surface area contributed by atoms with E-state index in [2.05, 4.69) is 10.6 Å². The molecule has 0 spiro atoms. The summed E-state index contributed by atoms with van der Waals surface area (Å²) in [5.74, 6) is -7.05. The lowest BCUT2D eigenvalue weighted by Crippen LogP contribution is -2.58. The van der Waals surface area contributed by atoms with Crippen LogP contribution in [0.15, 0.2) is 24.3 Å². The molecule has 9 N–H and O–H groups in total. The van der Waals surface area contributed by atoms with Gasteiger partial charge in [-0.3, -0.25) is 24.0 Å². The van der Waals surface area contributed by atoms with E-state index in [1.807, 2.05) is 11.6 Å².